The zero-order valence-electron chi connectivity index (χ0n) is 9.00. The largest absolute Gasteiger partial charge is 0.394 e. The molecule has 0 saturated carbocycles. The van der Waals surface area contributed by atoms with Crippen molar-refractivity contribution in [2.75, 3.05) is 31.3 Å². The summed E-state index contributed by atoms with van der Waals surface area (Å²) in [6, 6.07) is 0. The monoisotopic (exact) mass is 198 g/mol. The van der Waals surface area contributed by atoms with Crippen molar-refractivity contribution in [3.05, 3.63) is 5.69 Å². The van der Waals surface area contributed by atoms with Crippen molar-refractivity contribution >= 4 is 11.5 Å². The molecule has 14 heavy (non-hydrogen) atoms. The van der Waals surface area contributed by atoms with Gasteiger partial charge in [-0.05, 0) is 6.42 Å². The summed E-state index contributed by atoms with van der Waals surface area (Å²) in [5, 5.41) is 7.48. The van der Waals surface area contributed by atoms with Gasteiger partial charge in [-0.25, -0.2) is 0 Å². The number of rotatable bonds is 5. The van der Waals surface area contributed by atoms with Crippen molar-refractivity contribution < 1.29 is 4.74 Å². The lowest BCUT2D eigenvalue weighted by Gasteiger charge is -2.06. The molecule has 0 radical (unpaired) electrons. The number of aromatic nitrogens is 2. The van der Waals surface area contributed by atoms with Crippen LogP contribution >= 0.6 is 0 Å². The second-order valence-electron chi connectivity index (χ2n) is 3.11. The van der Waals surface area contributed by atoms with Crippen molar-refractivity contribution in [2.45, 2.75) is 13.3 Å². The molecule has 0 bridgehead atoms. The summed E-state index contributed by atoms with van der Waals surface area (Å²) in [5.74, 6) is 0.874. The third-order valence-corrected chi connectivity index (χ3v) is 2.09. The summed E-state index contributed by atoms with van der Waals surface area (Å²) in [5.41, 5.74) is 7.59. The Balaban J connectivity index is 2.70. The van der Waals surface area contributed by atoms with Gasteiger partial charge in [0, 0.05) is 20.7 Å². The Morgan fingerprint density at radius 3 is 2.79 bits per heavy atom. The first-order valence-electron chi connectivity index (χ1n) is 4.74. The second-order valence-corrected chi connectivity index (χ2v) is 3.11. The zero-order valence-corrected chi connectivity index (χ0v) is 9.00. The Kier molecular flexibility index (Phi) is 3.76. The molecule has 0 aliphatic carbocycles. The topological polar surface area (TPSA) is 65.1 Å². The van der Waals surface area contributed by atoms with Gasteiger partial charge in [-0.15, -0.1) is 0 Å². The van der Waals surface area contributed by atoms with Gasteiger partial charge in [-0.2, -0.15) is 5.10 Å². The van der Waals surface area contributed by atoms with Crippen LogP contribution in [0.2, 0.25) is 0 Å². The molecule has 0 aliphatic rings. The van der Waals surface area contributed by atoms with Gasteiger partial charge in [0.2, 0.25) is 0 Å². The fraction of sp³-hybridized carbons (Fsp3) is 0.667. The van der Waals surface area contributed by atoms with Gasteiger partial charge in [0.1, 0.15) is 5.82 Å². The van der Waals surface area contributed by atoms with E-state index in [-0.39, 0.29) is 0 Å². The number of nitrogens with zero attached hydrogens (tertiary/aromatic N) is 2. The van der Waals surface area contributed by atoms with Crippen molar-refractivity contribution in [1.82, 2.24) is 9.78 Å². The smallest absolute Gasteiger partial charge is 0.147 e. The average molecular weight is 198 g/mol. The highest BCUT2D eigenvalue weighted by Gasteiger charge is 2.10. The van der Waals surface area contributed by atoms with Crippen molar-refractivity contribution in [3.63, 3.8) is 0 Å². The first-order valence-corrected chi connectivity index (χ1v) is 4.74. The minimum atomic E-state index is 0.659. The van der Waals surface area contributed by atoms with E-state index in [4.69, 9.17) is 10.5 Å². The molecule has 1 heterocycles. The summed E-state index contributed by atoms with van der Waals surface area (Å²) >= 11 is 0. The Morgan fingerprint density at radius 2 is 2.29 bits per heavy atom. The van der Waals surface area contributed by atoms with Gasteiger partial charge >= 0.3 is 0 Å². The van der Waals surface area contributed by atoms with Crippen LogP contribution in [0.1, 0.15) is 12.6 Å². The number of hydrogen-bond donors (Lipinski definition) is 2. The van der Waals surface area contributed by atoms with E-state index in [1.54, 1.807) is 11.8 Å². The minimum Gasteiger partial charge on any atom is -0.394 e. The zero-order chi connectivity index (χ0) is 10.6. The molecule has 0 spiro atoms. The maximum atomic E-state index is 5.91. The molecule has 1 aromatic heterocycles. The summed E-state index contributed by atoms with van der Waals surface area (Å²) in [6.45, 7) is 3.44. The maximum Gasteiger partial charge on any atom is 0.147 e. The predicted molar refractivity (Wildman–Crippen MR) is 57.4 cm³/mol. The molecule has 0 amide bonds. The van der Waals surface area contributed by atoms with E-state index in [1.807, 2.05) is 14.0 Å². The van der Waals surface area contributed by atoms with Crippen LogP contribution in [0.3, 0.4) is 0 Å². The number of methoxy groups -OCH3 is 1. The highest BCUT2D eigenvalue weighted by Crippen LogP contribution is 2.21. The summed E-state index contributed by atoms with van der Waals surface area (Å²) in [7, 11) is 3.55. The van der Waals surface area contributed by atoms with Gasteiger partial charge in [0.25, 0.3) is 0 Å². The molecule has 0 saturated heterocycles. The molecule has 0 aromatic carbocycles. The molecular formula is C9H18N4O. The van der Waals surface area contributed by atoms with Gasteiger partial charge in [0.05, 0.1) is 18.0 Å². The van der Waals surface area contributed by atoms with Crippen LogP contribution < -0.4 is 11.1 Å². The van der Waals surface area contributed by atoms with Crippen LogP contribution in [0.15, 0.2) is 0 Å². The van der Waals surface area contributed by atoms with Crippen LogP contribution in [0.4, 0.5) is 11.5 Å². The fourth-order valence-electron chi connectivity index (χ4n) is 1.34. The number of ether oxygens (including phenoxy) is 1. The fourth-order valence-corrected chi connectivity index (χ4v) is 1.34. The molecule has 0 aliphatic heterocycles. The molecule has 80 valence electrons. The van der Waals surface area contributed by atoms with Crippen LogP contribution in [0.25, 0.3) is 0 Å². The number of nitrogens with one attached hydrogen (secondary N) is 1. The lowest BCUT2D eigenvalue weighted by atomic mass is 10.3. The molecule has 0 fully saturated rings. The van der Waals surface area contributed by atoms with E-state index in [2.05, 4.69) is 10.4 Å². The third-order valence-electron chi connectivity index (χ3n) is 2.09. The lowest BCUT2D eigenvalue weighted by Crippen LogP contribution is -2.11. The molecule has 0 atom stereocenters. The van der Waals surface area contributed by atoms with Gasteiger partial charge in [-0.3, -0.25) is 4.68 Å². The van der Waals surface area contributed by atoms with Crippen molar-refractivity contribution in [1.29, 1.82) is 0 Å². The molecule has 0 unspecified atom stereocenters. The molecule has 5 nitrogen and oxygen atoms in total. The predicted octanol–water partition coefficient (Wildman–Crippen LogP) is 0.623. The van der Waals surface area contributed by atoms with Crippen LogP contribution in [0.5, 0.6) is 0 Å². The van der Waals surface area contributed by atoms with Crippen molar-refractivity contribution in [3.8, 4) is 0 Å². The molecule has 3 N–H and O–H groups in total. The van der Waals surface area contributed by atoms with E-state index >= 15 is 0 Å². The second kappa shape index (κ2) is 4.85. The van der Waals surface area contributed by atoms with Gasteiger partial charge in [0.15, 0.2) is 0 Å². The average Bonchev–Trinajstić information content (AvgIpc) is 2.45. The Hall–Kier alpha value is -1.23. The first kappa shape index (κ1) is 10.8. The van der Waals surface area contributed by atoms with Crippen LogP contribution in [-0.2, 0) is 18.2 Å². The Morgan fingerprint density at radius 1 is 1.57 bits per heavy atom. The molecule has 1 aromatic rings. The number of nitrogen functional groups attached to an aromatic ring is 1. The molecule has 5 heteroatoms. The van der Waals surface area contributed by atoms with Crippen LogP contribution in [-0.4, -0.2) is 30.0 Å². The van der Waals surface area contributed by atoms with E-state index in [1.165, 1.54) is 0 Å². The van der Waals surface area contributed by atoms with Gasteiger partial charge < -0.3 is 15.8 Å². The summed E-state index contributed by atoms with van der Waals surface area (Å²) in [4.78, 5) is 0. The number of aryl methyl sites for hydroxylation is 2. The standard InChI is InChI=1S/C9H18N4O/c1-4-7-8(10)9(13(2)12-7)11-5-6-14-3/h11H,4-6,10H2,1-3H3. The number of anilines is 2. The first-order chi connectivity index (χ1) is 6.70. The quantitative estimate of drug-likeness (QED) is 0.681. The van der Waals surface area contributed by atoms with Gasteiger partial charge in [-0.1, -0.05) is 6.92 Å². The maximum absolute atomic E-state index is 5.91. The minimum absolute atomic E-state index is 0.659. The summed E-state index contributed by atoms with van der Waals surface area (Å²) in [6.07, 6.45) is 0.853. The SMILES string of the molecule is CCc1nn(C)c(NCCOC)c1N. The lowest BCUT2D eigenvalue weighted by molar-refractivity contribution is 0.210. The highest BCUT2D eigenvalue weighted by molar-refractivity contribution is 5.64. The normalized spacial score (nSPS) is 10.5. The molecular weight excluding hydrogens is 180 g/mol. The number of nitrogens with two attached hydrogens (primary N) is 1. The van der Waals surface area contributed by atoms with E-state index in [0.29, 0.717) is 6.61 Å². The van der Waals surface area contributed by atoms with E-state index < -0.39 is 0 Å². The Bertz CT molecular complexity index is 295. The Labute approximate surface area is 84.2 Å². The van der Waals surface area contributed by atoms with Crippen molar-refractivity contribution in [2.24, 2.45) is 7.05 Å². The number of hydrogen-bond acceptors (Lipinski definition) is 4. The summed E-state index contributed by atoms with van der Waals surface area (Å²) < 4.78 is 6.71. The van der Waals surface area contributed by atoms with E-state index in [0.717, 1.165) is 30.2 Å². The third kappa shape index (κ3) is 2.17. The van der Waals surface area contributed by atoms with Crippen LogP contribution in [0, 0.1) is 0 Å². The highest BCUT2D eigenvalue weighted by atomic mass is 16.5. The molecule has 1 rings (SSSR count). The van der Waals surface area contributed by atoms with E-state index in [9.17, 15) is 0 Å².